The summed E-state index contributed by atoms with van der Waals surface area (Å²) >= 11 is 0. The lowest BCUT2D eigenvalue weighted by molar-refractivity contribution is 0.0695. The normalized spacial score (nSPS) is 15.7. The van der Waals surface area contributed by atoms with Gasteiger partial charge in [-0.15, -0.1) is 0 Å². The summed E-state index contributed by atoms with van der Waals surface area (Å²) in [5, 5.41) is 4.77. The number of rotatable bonds is 4. The molecule has 1 saturated carbocycles. The smallest absolute Gasteiger partial charge is 0.259 e. The van der Waals surface area contributed by atoms with E-state index in [9.17, 15) is 4.79 Å². The molecule has 5 nitrogen and oxygen atoms in total. The summed E-state index contributed by atoms with van der Waals surface area (Å²) in [4.78, 5) is 19.8. The predicted octanol–water partition coefficient (Wildman–Crippen LogP) is 4.06. The Bertz CT molecular complexity index is 714. The molecule has 0 spiro atoms. The number of aromatic nitrogens is 2. The molecule has 0 atom stereocenters. The molecular weight excluding hydrogens is 290 g/mol. The van der Waals surface area contributed by atoms with Gasteiger partial charge >= 0.3 is 0 Å². The van der Waals surface area contributed by atoms with Crippen LogP contribution in [0.1, 0.15) is 74.1 Å². The second kappa shape index (κ2) is 6.30. The van der Waals surface area contributed by atoms with E-state index in [4.69, 9.17) is 4.52 Å². The Morgan fingerprint density at radius 3 is 2.70 bits per heavy atom. The van der Waals surface area contributed by atoms with Gasteiger partial charge in [0.25, 0.3) is 11.6 Å². The molecule has 0 radical (unpaired) electrons. The van der Waals surface area contributed by atoms with Crippen LogP contribution in [0, 0.1) is 6.92 Å². The Morgan fingerprint density at radius 1 is 1.39 bits per heavy atom. The zero-order chi connectivity index (χ0) is 16.6. The van der Waals surface area contributed by atoms with Gasteiger partial charge < -0.3 is 9.42 Å². The lowest BCUT2D eigenvalue weighted by Crippen LogP contribution is -2.38. The maximum atomic E-state index is 13.2. The molecule has 0 aliphatic heterocycles. The van der Waals surface area contributed by atoms with Crippen LogP contribution in [0.2, 0.25) is 0 Å². The largest absolute Gasteiger partial charge is 0.336 e. The van der Waals surface area contributed by atoms with E-state index in [-0.39, 0.29) is 11.8 Å². The van der Waals surface area contributed by atoms with Crippen LogP contribution in [0.4, 0.5) is 0 Å². The SMILES string of the molecule is CCN(C(=O)c1cc(C(C)C)nc2onc(C)c12)C1CCCC1. The average molecular weight is 315 g/mol. The molecule has 1 aliphatic rings. The molecule has 5 heteroatoms. The number of amides is 1. The van der Waals surface area contributed by atoms with Crippen LogP contribution in [-0.2, 0) is 0 Å². The summed E-state index contributed by atoms with van der Waals surface area (Å²) in [6.45, 7) is 8.79. The lowest BCUT2D eigenvalue weighted by Gasteiger charge is -2.28. The Kier molecular flexibility index (Phi) is 4.37. The standard InChI is InChI=1S/C18H25N3O2/c1-5-21(13-8-6-7-9-13)18(22)14-10-15(11(2)3)19-17-16(14)12(4)20-23-17/h10-11,13H,5-9H2,1-4H3. The first-order valence-corrected chi connectivity index (χ1v) is 8.60. The van der Waals surface area contributed by atoms with Crippen molar-refractivity contribution in [2.45, 2.75) is 65.3 Å². The van der Waals surface area contributed by atoms with E-state index >= 15 is 0 Å². The Labute approximate surface area is 137 Å². The molecule has 2 aromatic heterocycles. The second-order valence-electron chi connectivity index (χ2n) is 6.73. The van der Waals surface area contributed by atoms with E-state index in [1.165, 1.54) is 12.8 Å². The molecule has 1 amide bonds. The van der Waals surface area contributed by atoms with Crippen LogP contribution in [0.3, 0.4) is 0 Å². The topological polar surface area (TPSA) is 59.2 Å². The fourth-order valence-corrected chi connectivity index (χ4v) is 3.52. The second-order valence-corrected chi connectivity index (χ2v) is 6.73. The van der Waals surface area contributed by atoms with Crippen LogP contribution in [0.15, 0.2) is 10.6 Å². The van der Waals surface area contributed by atoms with Gasteiger partial charge in [0.05, 0.1) is 16.6 Å². The average Bonchev–Trinajstić information content (AvgIpc) is 3.17. The number of nitrogens with zero attached hydrogens (tertiary/aromatic N) is 3. The van der Waals surface area contributed by atoms with Gasteiger partial charge in [-0.2, -0.15) is 0 Å². The summed E-state index contributed by atoms with van der Waals surface area (Å²) in [5.74, 6) is 0.318. The van der Waals surface area contributed by atoms with E-state index in [1.54, 1.807) is 0 Å². The van der Waals surface area contributed by atoms with Gasteiger partial charge in [0, 0.05) is 18.3 Å². The van der Waals surface area contributed by atoms with Crippen molar-refractivity contribution < 1.29 is 9.32 Å². The molecule has 0 aromatic carbocycles. The zero-order valence-corrected chi connectivity index (χ0v) is 14.4. The number of pyridine rings is 1. The molecule has 1 fully saturated rings. The van der Waals surface area contributed by atoms with Crippen molar-refractivity contribution in [2.24, 2.45) is 0 Å². The lowest BCUT2D eigenvalue weighted by atomic mass is 10.0. The van der Waals surface area contributed by atoms with E-state index in [1.807, 2.05) is 17.9 Å². The fraction of sp³-hybridized carbons (Fsp3) is 0.611. The predicted molar refractivity (Wildman–Crippen MR) is 89.6 cm³/mol. The van der Waals surface area contributed by atoms with E-state index in [0.29, 0.717) is 17.3 Å². The van der Waals surface area contributed by atoms with Gasteiger partial charge in [-0.1, -0.05) is 31.8 Å². The Hall–Kier alpha value is -1.91. The minimum absolute atomic E-state index is 0.0833. The van der Waals surface area contributed by atoms with E-state index < -0.39 is 0 Å². The highest BCUT2D eigenvalue weighted by Crippen LogP contribution is 2.29. The van der Waals surface area contributed by atoms with Crippen molar-refractivity contribution in [3.8, 4) is 0 Å². The van der Waals surface area contributed by atoms with Gasteiger partial charge in [-0.3, -0.25) is 4.79 Å². The first-order valence-electron chi connectivity index (χ1n) is 8.60. The number of carbonyl (C=O) groups excluding carboxylic acids is 1. The van der Waals surface area contributed by atoms with Crippen molar-refractivity contribution in [3.63, 3.8) is 0 Å². The molecule has 2 heterocycles. The number of aryl methyl sites for hydroxylation is 1. The van der Waals surface area contributed by atoms with Crippen LogP contribution in [0.5, 0.6) is 0 Å². The number of hydrogen-bond donors (Lipinski definition) is 0. The van der Waals surface area contributed by atoms with Gasteiger partial charge in [0.2, 0.25) is 0 Å². The Balaban J connectivity index is 2.09. The van der Waals surface area contributed by atoms with Gasteiger partial charge in [0.1, 0.15) is 0 Å². The maximum absolute atomic E-state index is 13.2. The number of fused-ring (bicyclic) bond motifs is 1. The van der Waals surface area contributed by atoms with E-state index in [2.05, 4.69) is 30.9 Å². The maximum Gasteiger partial charge on any atom is 0.259 e. The van der Waals surface area contributed by atoms with Crippen molar-refractivity contribution >= 4 is 17.0 Å². The molecule has 2 aromatic rings. The molecule has 1 aliphatic carbocycles. The molecule has 0 unspecified atom stereocenters. The van der Waals surface area contributed by atoms with Crippen molar-refractivity contribution in [1.82, 2.24) is 15.0 Å². The van der Waals surface area contributed by atoms with Gasteiger partial charge in [0.15, 0.2) is 0 Å². The summed E-state index contributed by atoms with van der Waals surface area (Å²) in [7, 11) is 0. The third kappa shape index (κ3) is 2.84. The molecule has 124 valence electrons. The summed E-state index contributed by atoms with van der Waals surface area (Å²) in [6.07, 6.45) is 4.63. The van der Waals surface area contributed by atoms with Crippen molar-refractivity contribution in [2.75, 3.05) is 6.54 Å². The minimum atomic E-state index is 0.0833. The minimum Gasteiger partial charge on any atom is -0.336 e. The first-order chi connectivity index (χ1) is 11.0. The molecular formula is C18H25N3O2. The third-order valence-corrected chi connectivity index (χ3v) is 4.83. The molecule has 0 saturated heterocycles. The molecule has 0 bridgehead atoms. The molecule has 0 N–H and O–H groups in total. The Morgan fingerprint density at radius 2 is 2.09 bits per heavy atom. The highest BCUT2D eigenvalue weighted by atomic mass is 16.5. The van der Waals surface area contributed by atoms with Crippen LogP contribution < -0.4 is 0 Å². The molecule has 3 rings (SSSR count). The first kappa shape index (κ1) is 16.0. The fourth-order valence-electron chi connectivity index (χ4n) is 3.52. The van der Waals surface area contributed by atoms with Gasteiger partial charge in [-0.05, 0) is 38.7 Å². The monoisotopic (exact) mass is 315 g/mol. The quantitative estimate of drug-likeness (QED) is 0.853. The van der Waals surface area contributed by atoms with Crippen molar-refractivity contribution in [1.29, 1.82) is 0 Å². The van der Waals surface area contributed by atoms with Gasteiger partial charge in [-0.25, -0.2) is 4.98 Å². The summed E-state index contributed by atoms with van der Waals surface area (Å²) in [6, 6.07) is 2.29. The number of carbonyl (C=O) groups is 1. The zero-order valence-electron chi connectivity index (χ0n) is 14.4. The highest BCUT2D eigenvalue weighted by Gasteiger charge is 2.29. The molecule has 23 heavy (non-hydrogen) atoms. The van der Waals surface area contributed by atoms with Crippen molar-refractivity contribution in [3.05, 3.63) is 23.0 Å². The summed E-state index contributed by atoms with van der Waals surface area (Å²) in [5.41, 5.74) is 2.76. The van der Waals surface area contributed by atoms with E-state index in [0.717, 1.165) is 36.2 Å². The number of hydrogen-bond acceptors (Lipinski definition) is 4. The summed E-state index contributed by atoms with van der Waals surface area (Å²) < 4.78 is 5.34. The third-order valence-electron chi connectivity index (χ3n) is 4.83. The van der Waals surface area contributed by atoms with Crippen LogP contribution in [-0.4, -0.2) is 33.5 Å². The van der Waals surface area contributed by atoms with Crippen LogP contribution >= 0.6 is 0 Å². The van der Waals surface area contributed by atoms with Crippen LogP contribution in [0.25, 0.3) is 11.1 Å². The highest BCUT2D eigenvalue weighted by molar-refractivity contribution is 6.06.